The van der Waals surface area contributed by atoms with E-state index in [-0.39, 0.29) is 24.0 Å². The lowest BCUT2D eigenvalue weighted by Gasteiger charge is -2.37. The summed E-state index contributed by atoms with van der Waals surface area (Å²) in [6.45, 7) is 5.96. The molecule has 0 bridgehead atoms. The maximum absolute atomic E-state index is 13.1. The monoisotopic (exact) mass is 485 g/mol. The number of ether oxygens (including phenoxy) is 1. The topological polar surface area (TPSA) is 58.2 Å². The van der Waals surface area contributed by atoms with Gasteiger partial charge in [-0.05, 0) is 75.5 Å². The van der Waals surface area contributed by atoms with Gasteiger partial charge in [0.2, 0.25) is 0 Å². The van der Waals surface area contributed by atoms with Gasteiger partial charge < -0.3 is 14.6 Å². The summed E-state index contributed by atoms with van der Waals surface area (Å²) in [5.41, 5.74) is 2.26. The molecule has 1 aliphatic carbocycles. The van der Waals surface area contributed by atoms with Crippen LogP contribution < -0.4 is 0 Å². The van der Waals surface area contributed by atoms with Gasteiger partial charge in [0.25, 0.3) is 0 Å². The Hall–Kier alpha value is -2.38. The van der Waals surface area contributed by atoms with E-state index < -0.39 is 5.41 Å². The number of para-hydroxylation sites is 2. The molecular formula is C27H36FN3O2S. The molecule has 1 aromatic heterocycles. The molecule has 3 rings (SSSR count). The number of fused-ring (bicyclic) bond motifs is 1. The third kappa shape index (κ3) is 6.19. The minimum absolute atomic E-state index is 0.0498. The van der Waals surface area contributed by atoms with Crippen LogP contribution in [0.15, 0.2) is 59.0 Å². The lowest BCUT2D eigenvalue weighted by molar-refractivity contribution is -0.153. The summed E-state index contributed by atoms with van der Waals surface area (Å²) >= 11 is 0.234. The van der Waals surface area contributed by atoms with Crippen molar-refractivity contribution in [2.45, 2.75) is 46.0 Å². The summed E-state index contributed by atoms with van der Waals surface area (Å²) in [4.78, 5) is 24.0. The molecule has 0 amide bonds. The van der Waals surface area contributed by atoms with Crippen LogP contribution in [0.2, 0.25) is 0 Å². The first-order valence-electron chi connectivity index (χ1n) is 12.0. The molecule has 184 valence electrons. The van der Waals surface area contributed by atoms with Gasteiger partial charge in [0.1, 0.15) is 5.82 Å². The van der Waals surface area contributed by atoms with Gasteiger partial charge in [-0.2, -0.15) is 3.89 Å². The number of carbonyl (C=O) groups is 1. The maximum Gasteiger partial charge on any atom is 0.316 e. The molecule has 2 aromatic rings. The zero-order valence-electron chi connectivity index (χ0n) is 20.6. The molecule has 0 saturated carbocycles. The number of nitrogens with one attached hydrogen (secondary N) is 1. The van der Waals surface area contributed by atoms with E-state index in [1.54, 1.807) is 6.08 Å². The summed E-state index contributed by atoms with van der Waals surface area (Å²) in [6.07, 6.45) is 11.6. The molecule has 1 heterocycles. The van der Waals surface area contributed by atoms with E-state index in [1.165, 1.54) is 7.11 Å². The van der Waals surface area contributed by atoms with Crippen LogP contribution >= 0.6 is 12.1 Å². The van der Waals surface area contributed by atoms with Crippen molar-refractivity contribution in [3.05, 3.63) is 64.9 Å². The lowest BCUT2D eigenvalue weighted by Crippen LogP contribution is -2.40. The van der Waals surface area contributed by atoms with Crippen molar-refractivity contribution in [1.29, 1.82) is 0 Å². The predicted octanol–water partition coefficient (Wildman–Crippen LogP) is 6.41. The van der Waals surface area contributed by atoms with Crippen LogP contribution in [0.25, 0.3) is 11.0 Å². The molecule has 34 heavy (non-hydrogen) atoms. The highest BCUT2D eigenvalue weighted by atomic mass is 32.2. The maximum atomic E-state index is 13.1. The number of aromatic nitrogens is 2. The van der Waals surface area contributed by atoms with Crippen molar-refractivity contribution in [3.8, 4) is 0 Å². The molecule has 0 aliphatic heterocycles. The predicted molar refractivity (Wildman–Crippen MR) is 139 cm³/mol. The summed E-state index contributed by atoms with van der Waals surface area (Å²) in [7, 11) is 3.57. The first-order chi connectivity index (χ1) is 16.4. The zero-order chi connectivity index (χ0) is 24.6. The van der Waals surface area contributed by atoms with E-state index >= 15 is 0 Å². The fourth-order valence-corrected chi connectivity index (χ4v) is 5.06. The van der Waals surface area contributed by atoms with Crippen LogP contribution in [-0.4, -0.2) is 48.1 Å². The number of allylic oxidation sites excluding steroid dienone is 4. The fourth-order valence-electron chi connectivity index (χ4n) is 4.78. The minimum Gasteiger partial charge on any atom is -0.468 e. The molecule has 1 aliphatic rings. The van der Waals surface area contributed by atoms with Gasteiger partial charge in [-0.1, -0.05) is 44.2 Å². The fraction of sp³-hybridized carbons (Fsp3) is 0.481. The van der Waals surface area contributed by atoms with Crippen molar-refractivity contribution >= 4 is 29.2 Å². The van der Waals surface area contributed by atoms with Crippen LogP contribution in [0.3, 0.4) is 0 Å². The third-order valence-electron chi connectivity index (χ3n) is 6.73. The average Bonchev–Trinajstić information content (AvgIpc) is 3.09. The number of methoxy groups -OCH3 is 1. The number of nitrogens with zero attached hydrogens (tertiary/aromatic N) is 2. The highest BCUT2D eigenvalue weighted by molar-refractivity contribution is 7.98. The van der Waals surface area contributed by atoms with Crippen molar-refractivity contribution < 1.29 is 13.4 Å². The Kier molecular flexibility index (Phi) is 9.54. The first-order valence-corrected chi connectivity index (χ1v) is 12.7. The van der Waals surface area contributed by atoms with Gasteiger partial charge in [-0.3, -0.25) is 4.79 Å². The van der Waals surface area contributed by atoms with Gasteiger partial charge in [0, 0.05) is 11.3 Å². The standard InChI is InChI=1S/C27H36FN3O2S/c1-20(2)27(26(32)33-4,21-10-7-11-22(34-28)16-15-21)17-9-19-31(3)18-8-14-25-29-23-12-5-6-13-24(23)30-25/h5-6,10-13,15-16,20H,7-9,14,17-19H2,1-4H3,(H,29,30). The number of esters is 1. The smallest absolute Gasteiger partial charge is 0.316 e. The van der Waals surface area contributed by atoms with Gasteiger partial charge in [-0.25, -0.2) is 4.98 Å². The summed E-state index contributed by atoms with van der Waals surface area (Å²) in [5, 5.41) is 0. The zero-order valence-corrected chi connectivity index (χ0v) is 21.5. The molecule has 0 fully saturated rings. The van der Waals surface area contributed by atoms with Crippen LogP contribution in [0.4, 0.5) is 3.89 Å². The van der Waals surface area contributed by atoms with Crippen LogP contribution in [0.1, 0.15) is 45.4 Å². The molecule has 1 N–H and O–H groups in total. The quantitative estimate of drug-likeness (QED) is 0.352. The van der Waals surface area contributed by atoms with Gasteiger partial charge >= 0.3 is 5.97 Å². The SMILES string of the molecule is COC(=O)C(CCCN(C)CCCc1nc2ccccc2[nH]1)(C1=CCC=C(SF)C=C1)C(C)C. The van der Waals surface area contributed by atoms with E-state index in [0.29, 0.717) is 17.7 Å². The number of benzene rings is 1. The highest BCUT2D eigenvalue weighted by Crippen LogP contribution is 2.43. The average molecular weight is 486 g/mol. The number of halogens is 1. The van der Waals surface area contributed by atoms with Crippen LogP contribution in [-0.2, 0) is 16.0 Å². The Labute approximate surface area is 206 Å². The molecule has 0 spiro atoms. The van der Waals surface area contributed by atoms with Gasteiger partial charge in [0.05, 0.1) is 35.7 Å². The lowest BCUT2D eigenvalue weighted by atomic mass is 9.67. The number of hydrogen-bond donors (Lipinski definition) is 1. The Balaban J connectivity index is 1.58. The number of aromatic amines is 1. The van der Waals surface area contributed by atoms with E-state index in [1.807, 2.05) is 42.5 Å². The minimum atomic E-state index is -0.745. The van der Waals surface area contributed by atoms with E-state index in [9.17, 15) is 8.68 Å². The summed E-state index contributed by atoms with van der Waals surface area (Å²) in [6, 6.07) is 8.09. The Morgan fingerprint density at radius 3 is 2.71 bits per heavy atom. The normalized spacial score (nSPS) is 15.9. The second-order valence-corrected chi connectivity index (χ2v) is 9.87. The molecule has 1 aromatic carbocycles. The Bertz CT molecular complexity index is 1030. The van der Waals surface area contributed by atoms with E-state index in [0.717, 1.165) is 54.8 Å². The van der Waals surface area contributed by atoms with Crippen molar-refractivity contribution in [2.75, 3.05) is 27.2 Å². The molecule has 5 nitrogen and oxygen atoms in total. The van der Waals surface area contributed by atoms with Crippen LogP contribution in [0, 0.1) is 11.3 Å². The highest BCUT2D eigenvalue weighted by Gasteiger charge is 2.44. The van der Waals surface area contributed by atoms with Crippen molar-refractivity contribution in [2.24, 2.45) is 11.3 Å². The van der Waals surface area contributed by atoms with Gasteiger partial charge in [0.15, 0.2) is 0 Å². The second-order valence-electron chi connectivity index (χ2n) is 9.24. The molecule has 0 saturated heterocycles. The van der Waals surface area contributed by atoms with Crippen molar-refractivity contribution in [3.63, 3.8) is 0 Å². The summed E-state index contributed by atoms with van der Waals surface area (Å²) in [5.74, 6) is 0.849. The van der Waals surface area contributed by atoms with E-state index in [2.05, 4.69) is 35.8 Å². The molecule has 0 radical (unpaired) electrons. The van der Waals surface area contributed by atoms with Crippen molar-refractivity contribution in [1.82, 2.24) is 14.9 Å². The number of hydrogen-bond acceptors (Lipinski definition) is 5. The number of rotatable bonds is 12. The number of H-pyrrole nitrogens is 1. The molecule has 1 unspecified atom stereocenters. The second kappa shape index (κ2) is 12.4. The van der Waals surface area contributed by atoms with Crippen LogP contribution in [0.5, 0.6) is 0 Å². The molecule has 1 atom stereocenters. The number of carbonyl (C=O) groups excluding carboxylic acids is 1. The number of imidazole rings is 1. The largest absolute Gasteiger partial charge is 0.468 e. The first kappa shape index (κ1) is 26.2. The molecular weight excluding hydrogens is 449 g/mol. The van der Waals surface area contributed by atoms with E-state index in [4.69, 9.17) is 4.74 Å². The third-order valence-corrected chi connectivity index (χ3v) is 7.21. The Morgan fingerprint density at radius 1 is 1.24 bits per heavy atom. The Morgan fingerprint density at radius 2 is 2.00 bits per heavy atom. The van der Waals surface area contributed by atoms with Gasteiger partial charge in [-0.15, -0.1) is 0 Å². The summed E-state index contributed by atoms with van der Waals surface area (Å²) < 4.78 is 18.4. The number of aryl methyl sites for hydroxylation is 1. The molecule has 7 heteroatoms.